The van der Waals surface area contributed by atoms with Gasteiger partial charge in [0.05, 0.1) is 12.8 Å². The molecule has 4 nitrogen and oxygen atoms in total. The Kier molecular flexibility index (Phi) is 6.47. The van der Waals surface area contributed by atoms with Gasteiger partial charge in [0.25, 0.3) is 0 Å². The summed E-state index contributed by atoms with van der Waals surface area (Å²) in [6.45, 7) is 2.82. The predicted molar refractivity (Wildman–Crippen MR) is 107 cm³/mol. The van der Waals surface area contributed by atoms with Crippen LogP contribution in [0.25, 0.3) is 0 Å². The third-order valence-electron chi connectivity index (χ3n) is 4.09. The van der Waals surface area contributed by atoms with Crippen molar-refractivity contribution in [2.75, 3.05) is 7.11 Å². The summed E-state index contributed by atoms with van der Waals surface area (Å²) in [7, 11) is 1.63. The van der Waals surface area contributed by atoms with Crippen molar-refractivity contribution < 1.29 is 14.3 Å². The van der Waals surface area contributed by atoms with E-state index in [9.17, 15) is 0 Å². The molecular weight excluding hydrogens is 338 g/mol. The first kappa shape index (κ1) is 18.5. The minimum absolute atomic E-state index is 0.436. The molecule has 3 rings (SSSR count). The van der Waals surface area contributed by atoms with E-state index in [1.807, 2.05) is 85.8 Å². The van der Waals surface area contributed by atoms with Crippen molar-refractivity contribution in [3.63, 3.8) is 0 Å². The van der Waals surface area contributed by atoms with Crippen molar-refractivity contribution in [3.05, 3.63) is 95.6 Å². The highest BCUT2D eigenvalue weighted by Crippen LogP contribution is 2.29. The molecule has 0 spiro atoms. The summed E-state index contributed by atoms with van der Waals surface area (Å²) >= 11 is 0. The Morgan fingerprint density at radius 2 is 1.41 bits per heavy atom. The van der Waals surface area contributed by atoms with E-state index in [1.54, 1.807) is 7.11 Å². The van der Waals surface area contributed by atoms with Crippen molar-refractivity contribution in [3.8, 4) is 11.5 Å². The summed E-state index contributed by atoms with van der Waals surface area (Å²) in [5.41, 5.74) is 3.88. The largest absolute Gasteiger partial charge is 0.493 e. The molecule has 3 aromatic rings. The molecule has 0 saturated heterocycles. The molecule has 0 atom stereocenters. The zero-order valence-electron chi connectivity index (χ0n) is 15.6. The predicted octanol–water partition coefficient (Wildman–Crippen LogP) is 5.22. The Morgan fingerprint density at radius 3 is 2.04 bits per heavy atom. The first-order chi connectivity index (χ1) is 13.3. The molecule has 0 saturated carbocycles. The van der Waals surface area contributed by atoms with Crippen LogP contribution in [0.15, 0.2) is 84.0 Å². The number of hydrogen-bond donors (Lipinski definition) is 0. The molecule has 0 aromatic heterocycles. The number of methoxy groups -OCH3 is 1. The average Bonchev–Trinajstić information content (AvgIpc) is 2.73. The molecule has 138 valence electrons. The van der Waals surface area contributed by atoms with E-state index in [1.165, 1.54) is 0 Å². The minimum atomic E-state index is 0.436. The summed E-state index contributed by atoms with van der Waals surface area (Å²) in [4.78, 5) is 5.48. The van der Waals surface area contributed by atoms with Gasteiger partial charge in [0.1, 0.15) is 13.2 Å². The highest BCUT2D eigenvalue weighted by Gasteiger charge is 2.08. The van der Waals surface area contributed by atoms with Crippen LogP contribution in [0, 0.1) is 0 Å². The second-order valence-electron chi connectivity index (χ2n) is 6.08. The zero-order chi connectivity index (χ0) is 18.9. The molecule has 0 bridgehead atoms. The molecule has 0 heterocycles. The van der Waals surface area contributed by atoms with Crippen molar-refractivity contribution in [2.45, 2.75) is 20.1 Å². The van der Waals surface area contributed by atoms with Crippen LogP contribution in [0.3, 0.4) is 0 Å². The Morgan fingerprint density at radius 1 is 0.778 bits per heavy atom. The van der Waals surface area contributed by atoms with E-state index < -0.39 is 0 Å². The van der Waals surface area contributed by atoms with E-state index in [4.69, 9.17) is 14.3 Å². The summed E-state index contributed by atoms with van der Waals surface area (Å²) in [6.07, 6.45) is 0. The Hall–Kier alpha value is -3.27. The van der Waals surface area contributed by atoms with Gasteiger partial charge in [-0.2, -0.15) is 0 Å². The van der Waals surface area contributed by atoms with Crippen molar-refractivity contribution >= 4 is 5.71 Å². The maximum atomic E-state index is 5.96. The maximum Gasteiger partial charge on any atom is 0.162 e. The third-order valence-corrected chi connectivity index (χ3v) is 4.09. The van der Waals surface area contributed by atoms with Crippen LogP contribution in [0.4, 0.5) is 0 Å². The molecule has 0 aliphatic carbocycles. The highest BCUT2D eigenvalue weighted by molar-refractivity contribution is 5.98. The molecule has 0 amide bonds. The second-order valence-corrected chi connectivity index (χ2v) is 6.08. The molecule has 4 heteroatoms. The highest BCUT2D eigenvalue weighted by atomic mass is 16.6. The third kappa shape index (κ3) is 5.35. The van der Waals surface area contributed by atoms with E-state index in [0.717, 1.165) is 22.4 Å². The van der Waals surface area contributed by atoms with Crippen molar-refractivity contribution in [2.24, 2.45) is 5.16 Å². The molecule has 0 aliphatic rings. The van der Waals surface area contributed by atoms with E-state index in [2.05, 4.69) is 5.16 Å². The number of hydrogen-bond acceptors (Lipinski definition) is 4. The maximum absolute atomic E-state index is 5.96. The summed E-state index contributed by atoms with van der Waals surface area (Å²) < 4.78 is 11.4. The van der Waals surface area contributed by atoms with Crippen LogP contribution in [0.2, 0.25) is 0 Å². The lowest BCUT2D eigenvalue weighted by molar-refractivity contribution is 0.130. The second kappa shape index (κ2) is 9.43. The lowest BCUT2D eigenvalue weighted by Crippen LogP contribution is -2.01. The van der Waals surface area contributed by atoms with Gasteiger partial charge in [-0.3, -0.25) is 0 Å². The normalized spacial score (nSPS) is 11.1. The fraction of sp³-hybridized carbons (Fsp3) is 0.174. The summed E-state index contributed by atoms with van der Waals surface area (Å²) in [5, 5.41) is 4.22. The quantitative estimate of drug-likeness (QED) is 0.408. The van der Waals surface area contributed by atoms with Gasteiger partial charge in [0.15, 0.2) is 11.5 Å². The molecule has 0 radical (unpaired) electrons. The van der Waals surface area contributed by atoms with Crippen LogP contribution < -0.4 is 9.47 Å². The number of ether oxygens (including phenoxy) is 2. The Bertz CT molecular complexity index is 877. The molecule has 27 heavy (non-hydrogen) atoms. The van der Waals surface area contributed by atoms with Crippen molar-refractivity contribution in [1.29, 1.82) is 0 Å². The fourth-order valence-corrected chi connectivity index (χ4v) is 2.58. The summed E-state index contributed by atoms with van der Waals surface area (Å²) in [6, 6.07) is 25.7. The topological polar surface area (TPSA) is 40.0 Å². The van der Waals surface area contributed by atoms with E-state index >= 15 is 0 Å². The number of rotatable bonds is 8. The number of benzene rings is 3. The lowest BCUT2D eigenvalue weighted by atomic mass is 10.1. The smallest absolute Gasteiger partial charge is 0.162 e. The van der Waals surface area contributed by atoms with Crippen LogP contribution in [0.1, 0.15) is 23.6 Å². The van der Waals surface area contributed by atoms with E-state index in [-0.39, 0.29) is 0 Å². The molecular formula is C23H23NO3. The minimum Gasteiger partial charge on any atom is -0.493 e. The van der Waals surface area contributed by atoms with Crippen LogP contribution in [0.5, 0.6) is 11.5 Å². The van der Waals surface area contributed by atoms with Crippen LogP contribution in [-0.2, 0) is 18.1 Å². The first-order valence-electron chi connectivity index (χ1n) is 8.82. The van der Waals surface area contributed by atoms with Gasteiger partial charge in [-0.1, -0.05) is 65.8 Å². The Balaban J connectivity index is 1.68. The number of oxime groups is 1. The molecule has 0 N–H and O–H groups in total. The van der Waals surface area contributed by atoms with Crippen LogP contribution >= 0.6 is 0 Å². The van der Waals surface area contributed by atoms with E-state index in [0.29, 0.717) is 24.7 Å². The van der Waals surface area contributed by atoms with Gasteiger partial charge in [-0.25, -0.2) is 0 Å². The SMILES string of the molecule is COc1ccc(/C(C)=N/OCc2ccccc2)cc1OCc1ccccc1. The van der Waals surface area contributed by atoms with Gasteiger partial charge in [0, 0.05) is 5.56 Å². The fourth-order valence-electron chi connectivity index (χ4n) is 2.58. The summed E-state index contributed by atoms with van der Waals surface area (Å²) in [5.74, 6) is 1.36. The lowest BCUT2D eigenvalue weighted by Gasteiger charge is -2.12. The standard InChI is InChI=1S/C23H23NO3/c1-18(24-27-17-20-11-7-4-8-12-20)21-13-14-22(25-2)23(15-21)26-16-19-9-5-3-6-10-19/h3-15H,16-17H2,1-2H3/b24-18+. The van der Waals surface area contributed by atoms with Gasteiger partial charge < -0.3 is 14.3 Å². The van der Waals surface area contributed by atoms with Crippen molar-refractivity contribution in [1.82, 2.24) is 0 Å². The molecule has 3 aromatic carbocycles. The number of nitrogens with zero attached hydrogens (tertiary/aromatic N) is 1. The van der Waals surface area contributed by atoms with Gasteiger partial charge in [-0.05, 0) is 36.2 Å². The zero-order valence-corrected chi connectivity index (χ0v) is 15.6. The first-order valence-corrected chi connectivity index (χ1v) is 8.82. The Labute approximate surface area is 160 Å². The monoisotopic (exact) mass is 361 g/mol. The van der Waals surface area contributed by atoms with Crippen LogP contribution in [-0.4, -0.2) is 12.8 Å². The van der Waals surface area contributed by atoms with Gasteiger partial charge >= 0.3 is 0 Å². The van der Waals surface area contributed by atoms with Gasteiger partial charge in [-0.15, -0.1) is 0 Å². The molecule has 0 unspecified atom stereocenters. The molecule has 0 fully saturated rings. The van der Waals surface area contributed by atoms with Gasteiger partial charge in [0.2, 0.25) is 0 Å². The average molecular weight is 361 g/mol. The molecule has 0 aliphatic heterocycles.